The zero-order valence-electron chi connectivity index (χ0n) is 12.9. The zero-order valence-corrected chi connectivity index (χ0v) is 12.9. The highest BCUT2D eigenvalue weighted by Gasteiger charge is 2.11. The van der Waals surface area contributed by atoms with E-state index in [9.17, 15) is 0 Å². The van der Waals surface area contributed by atoms with Crippen LogP contribution in [0.25, 0.3) is 0 Å². The largest absolute Gasteiger partial charge is 0.396 e. The summed E-state index contributed by atoms with van der Waals surface area (Å²) in [6.45, 7) is 9.93. The number of allylic oxidation sites excluding steroid dienone is 1. The molecule has 1 aliphatic rings. The molecule has 0 atom stereocenters. The van der Waals surface area contributed by atoms with E-state index < -0.39 is 0 Å². The highest BCUT2D eigenvalue weighted by atomic mass is 16.2. The minimum Gasteiger partial charge on any atom is -0.396 e. The standard InChI is InChI=1S/C16H25N3O/c1-5-19(14(4)12(2)8-9-20)11-15-10-18-13(3)6-7-16(15)17/h6,10,20H,5,8-9,11,17H2,1-4H3/b14-12+. The number of hydrogen-bond donors (Lipinski definition) is 2. The van der Waals surface area contributed by atoms with Crippen LogP contribution in [0.5, 0.6) is 0 Å². The first-order valence-corrected chi connectivity index (χ1v) is 6.97. The normalized spacial score (nSPS) is 15.9. The Hall–Kier alpha value is -1.77. The van der Waals surface area contributed by atoms with E-state index in [1.165, 1.54) is 11.3 Å². The number of aliphatic hydroxyl groups is 1. The van der Waals surface area contributed by atoms with Crippen LogP contribution >= 0.6 is 0 Å². The summed E-state index contributed by atoms with van der Waals surface area (Å²) < 4.78 is 0. The summed E-state index contributed by atoms with van der Waals surface area (Å²) in [5.74, 6) is 0. The molecule has 20 heavy (non-hydrogen) atoms. The highest BCUT2D eigenvalue weighted by molar-refractivity contribution is 5.93. The van der Waals surface area contributed by atoms with Crippen LogP contribution in [0.3, 0.4) is 0 Å². The number of rotatable bonds is 6. The van der Waals surface area contributed by atoms with Gasteiger partial charge in [0.15, 0.2) is 0 Å². The molecule has 4 nitrogen and oxygen atoms in total. The predicted molar refractivity (Wildman–Crippen MR) is 84.3 cm³/mol. The molecule has 0 amide bonds. The Bertz CT molecular complexity index is 506. The lowest BCUT2D eigenvalue weighted by Crippen LogP contribution is -2.26. The van der Waals surface area contributed by atoms with E-state index in [4.69, 9.17) is 10.8 Å². The average molecular weight is 275 g/mol. The molecule has 0 aromatic heterocycles. The Labute approximate surface area is 121 Å². The molecule has 3 N–H and O–H groups in total. The lowest BCUT2D eigenvalue weighted by atomic mass is 10.1. The van der Waals surface area contributed by atoms with E-state index in [0.717, 1.165) is 17.8 Å². The van der Waals surface area contributed by atoms with Crippen molar-refractivity contribution in [2.75, 3.05) is 19.7 Å². The second kappa shape index (κ2) is 7.73. The highest BCUT2D eigenvalue weighted by Crippen LogP contribution is 2.17. The molecule has 0 unspecified atom stereocenters. The number of nitrogens with two attached hydrogens (primary N) is 1. The van der Waals surface area contributed by atoms with Crippen LogP contribution in [-0.4, -0.2) is 35.4 Å². The van der Waals surface area contributed by atoms with Gasteiger partial charge in [0.25, 0.3) is 0 Å². The Kier molecular flexibility index (Phi) is 6.29. The fraction of sp³-hybridized carbons (Fsp3) is 0.500. The Morgan fingerprint density at radius 2 is 2.15 bits per heavy atom. The van der Waals surface area contributed by atoms with Crippen LogP contribution in [-0.2, 0) is 0 Å². The van der Waals surface area contributed by atoms with Crippen molar-refractivity contribution < 1.29 is 5.11 Å². The first-order chi connectivity index (χ1) is 9.49. The van der Waals surface area contributed by atoms with Gasteiger partial charge in [-0.25, -0.2) is 0 Å². The van der Waals surface area contributed by atoms with Gasteiger partial charge < -0.3 is 15.7 Å². The summed E-state index contributed by atoms with van der Waals surface area (Å²) in [6, 6.07) is 0. The fourth-order valence-corrected chi connectivity index (χ4v) is 1.98. The minimum atomic E-state index is 0.178. The third kappa shape index (κ3) is 4.41. The van der Waals surface area contributed by atoms with Crippen molar-refractivity contribution in [3.05, 3.63) is 40.5 Å². The van der Waals surface area contributed by atoms with Crippen molar-refractivity contribution in [3.8, 4) is 0 Å². The molecule has 0 radical (unpaired) electrons. The SMILES string of the molecule is CCN(CC1=CN=C(C)C=C=C1N)/C(C)=C(\C)CCO. The van der Waals surface area contributed by atoms with E-state index in [2.05, 4.69) is 36.4 Å². The van der Waals surface area contributed by atoms with Gasteiger partial charge in [-0.15, -0.1) is 0 Å². The smallest absolute Gasteiger partial charge is 0.0814 e. The molecule has 0 fully saturated rings. The van der Waals surface area contributed by atoms with Crippen molar-refractivity contribution >= 4 is 5.71 Å². The van der Waals surface area contributed by atoms with Gasteiger partial charge in [0, 0.05) is 49.0 Å². The van der Waals surface area contributed by atoms with E-state index in [0.29, 0.717) is 18.7 Å². The number of aliphatic hydroxyl groups excluding tert-OH is 1. The first-order valence-electron chi connectivity index (χ1n) is 6.97. The second-order valence-corrected chi connectivity index (χ2v) is 4.98. The molecule has 0 saturated carbocycles. The average Bonchev–Trinajstić information content (AvgIpc) is 2.59. The summed E-state index contributed by atoms with van der Waals surface area (Å²) >= 11 is 0. The quantitative estimate of drug-likeness (QED) is 0.731. The third-order valence-electron chi connectivity index (χ3n) is 3.53. The van der Waals surface area contributed by atoms with Crippen LogP contribution in [0.1, 0.15) is 34.1 Å². The molecule has 1 heterocycles. The summed E-state index contributed by atoms with van der Waals surface area (Å²) in [7, 11) is 0. The van der Waals surface area contributed by atoms with Gasteiger partial charge in [0.2, 0.25) is 0 Å². The van der Waals surface area contributed by atoms with Gasteiger partial charge in [0.1, 0.15) is 0 Å². The van der Waals surface area contributed by atoms with Gasteiger partial charge in [-0.2, -0.15) is 0 Å². The number of aliphatic imine (C=N–C) groups is 1. The molecule has 0 aliphatic carbocycles. The molecular formula is C16H25N3O. The third-order valence-corrected chi connectivity index (χ3v) is 3.53. The molecule has 0 saturated heterocycles. The Morgan fingerprint density at radius 3 is 2.75 bits per heavy atom. The van der Waals surface area contributed by atoms with Crippen molar-refractivity contribution in [1.82, 2.24) is 4.90 Å². The van der Waals surface area contributed by atoms with Gasteiger partial charge in [0.05, 0.1) is 5.70 Å². The number of likely N-dealkylation sites (N-methyl/N-ethyl adjacent to an activating group) is 1. The summed E-state index contributed by atoms with van der Waals surface area (Å²) in [6.07, 6.45) is 4.32. The molecule has 0 spiro atoms. The van der Waals surface area contributed by atoms with Gasteiger partial charge in [-0.05, 0) is 34.1 Å². The van der Waals surface area contributed by atoms with E-state index in [-0.39, 0.29) is 6.61 Å². The summed E-state index contributed by atoms with van der Waals surface area (Å²) in [5, 5.41) is 9.05. The molecule has 1 rings (SSSR count). The Morgan fingerprint density at radius 1 is 1.45 bits per heavy atom. The van der Waals surface area contributed by atoms with Crippen LogP contribution in [0, 0.1) is 0 Å². The maximum absolute atomic E-state index is 9.05. The molecule has 1 aliphatic heterocycles. The lowest BCUT2D eigenvalue weighted by molar-refractivity contribution is 0.296. The van der Waals surface area contributed by atoms with Gasteiger partial charge in [-0.1, -0.05) is 11.3 Å². The van der Waals surface area contributed by atoms with E-state index in [1.807, 2.05) is 13.1 Å². The molecule has 110 valence electrons. The molecule has 4 heteroatoms. The van der Waals surface area contributed by atoms with Crippen LogP contribution in [0.2, 0.25) is 0 Å². The van der Waals surface area contributed by atoms with E-state index >= 15 is 0 Å². The van der Waals surface area contributed by atoms with Gasteiger partial charge >= 0.3 is 0 Å². The Balaban J connectivity index is 2.95. The topological polar surface area (TPSA) is 61.8 Å². The van der Waals surface area contributed by atoms with Crippen LogP contribution < -0.4 is 5.73 Å². The maximum Gasteiger partial charge on any atom is 0.0814 e. The molecule has 0 bridgehead atoms. The predicted octanol–water partition coefficient (Wildman–Crippen LogP) is 2.34. The molecule has 0 aromatic rings. The lowest BCUT2D eigenvalue weighted by Gasteiger charge is -2.26. The van der Waals surface area contributed by atoms with Crippen molar-refractivity contribution in [3.63, 3.8) is 0 Å². The maximum atomic E-state index is 9.05. The molecular weight excluding hydrogens is 250 g/mol. The van der Waals surface area contributed by atoms with Crippen molar-refractivity contribution in [2.45, 2.75) is 34.1 Å². The summed E-state index contributed by atoms with van der Waals surface area (Å²) in [5.41, 5.74) is 14.0. The monoisotopic (exact) mass is 275 g/mol. The van der Waals surface area contributed by atoms with Crippen LogP contribution in [0.4, 0.5) is 0 Å². The first kappa shape index (κ1) is 16.3. The fourth-order valence-electron chi connectivity index (χ4n) is 1.98. The van der Waals surface area contributed by atoms with Crippen LogP contribution in [0.15, 0.2) is 45.5 Å². The van der Waals surface area contributed by atoms with Gasteiger partial charge in [-0.3, -0.25) is 4.99 Å². The number of hydrogen-bond acceptors (Lipinski definition) is 4. The molecule has 0 aromatic carbocycles. The zero-order chi connectivity index (χ0) is 15.1. The second-order valence-electron chi connectivity index (χ2n) is 4.98. The minimum absolute atomic E-state index is 0.178. The number of nitrogens with zero attached hydrogens (tertiary/aromatic N) is 2. The van der Waals surface area contributed by atoms with Crippen molar-refractivity contribution in [1.29, 1.82) is 0 Å². The van der Waals surface area contributed by atoms with E-state index in [1.54, 1.807) is 6.08 Å². The van der Waals surface area contributed by atoms with Crippen molar-refractivity contribution in [2.24, 2.45) is 10.7 Å². The summed E-state index contributed by atoms with van der Waals surface area (Å²) in [4.78, 5) is 6.57.